The van der Waals surface area contributed by atoms with Gasteiger partial charge in [-0.3, -0.25) is 9.59 Å². The van der Waals surface area contributed by atoms with Crippen molar-refractivity contribution in [1.82, 2.24) is 0 Å². The fraction of sp³-hybridized carbons (Fsp3) is 0.583. The van der Waals surface area contributed by atoms with E-state index in [0.29, 0.717) is 12.8 Å². The number of carbonyl (C=O) groups excluding carboxylic acids is 2. The van der Waals surface area contributed by atoms with Gasteiger partial charge < -0.3 is 14.6 Å². The minimum Gasteiger partial charge on any atom is -0.461 e. The van der Waals surface area contributed by atoms with Crippen LogP contribution in [0.4, 0.5) is 0 Å². The summed E-state index contributed by atoms with van der Waals surface area (Å²) in [5.41, 5.74) is 3.94. The van der Waals surface area contributed by atoms with E-state index in [-0.39, 0.29) is 24.5 Å². The van der Waals surface area contributed by atoms with Crippen molar-refractivity contribution >= 4 is 11.9 Å². The summed E-state index contributed by atoms with van der Waals surface area (Å²) in [6, 6.07) is 0. The quantitative estimate of drug-likeness (QED) is 0.537. The van der Waals surface area contributed by atoms with Crippen molar-refractivity contribution in [3.8, 4) is 0 Å². The Morgan fingerprint density at radius 1 is 1.10 bits per heavy atom. The van der Waals surface area contributed by atoms with Crippen molar-refractivity contribution in [2.75, 3.05) is 6.61 Å². The maximum Gasteiger partial charge on any atom is 0.303 e. The molecule has 1 rings (SSSR count). The molecule has 0 fully saturated rings. The molecule has 0 saturated carbocycles. The number of rotatable bonds is 4. The molecule has 0 saturated heterocycles. The van der Waals surface area contributed by atoms with E-state index >= 15 is 0 Å². The molecule has 5 nitrogen and oxygen atoms in total. The Kier molecular flexibility index (Phi) is 10.7. The lowest BCUT2D eigenvalue weighted by atomic mass is 9.87. The van der Waals surface area contributed by atoms with E-state index in [1.807, 2.05) is 26.0 Å². The van der Waals surface area contributed by atoms with Gasteiger partial charge in [0.15, 0.2) is 0 Å². The number of allylic oxidation sites excluding steroid dienone is 3. The molecule has 0 heterocycles. The number of carbonyl (C=O) groups is 2. The molecule has 0 aliphatic heterocycles. The molecule has 0 unspecified atom stereocenters. The van der Waals surface area contributed by atoms with Crippen LogP contribution in [0.1, 0.15) is 66.7 Å². The molecule has 1 aliphatic carbocycles. The van der Waals surface area contributed by atoms with Crippen molar-refractivity contribution in [2.45, 2.75) is 78.9 Å². The molecule has 5 heteroatoms. The van der Waals surface area contributed by atoms with Crippen LogP contribution in [-0.2, 0) is 19.1 Å². The van der Waals surface area contributed by atoms with Crippen molar-refractivity contribution in [3.05, 3.63) is 47.1 Å². The number of hydrogen-bond donors (Lipinski definition) is 1. The molecule has 1 N–H and O–H groups in total. The second-order valence-electron chi connectivity index (χ2n) is 7.96. The first-order valence-corrected chi connectivity index (χ1v) is 10.3. The zero-order chi connectivity index (χ0) is 22.0. The molecule has 0 spiro atoms. The van der Waals surface area contributed by atoms with Crippen LogP contribution in [0.25, 0.3) is 0 Å². The molecule has 0 radical (unpaired) electrons. The molecule has 0 amide bonds. The van der Waals surface area contributed by atoms with Gasteiger partial charge in [0.05, 0.1) is 6.10 Å². The lowest BCUT2D eigenvalue weighted by Crippen LogP contribution is -2.26. The largest absolute Gasteiger partial charge is 0.461 e. The van der Waals surface area contributed by atoms with Gasteiger partial charge in [0.25, 0.3) is 0 Å². The van der Waals surface area contributed by atoms with E-state index in [0.717, 1.165) is 36.0 Å². The molecule has 3 atom stereocenters. The summed E-state index contributed by atoms with van der Waals surface area (Å²) in [6.07, 6.45) is 8.51. The van der Waals surface area contributed by atoms with Gasteiger partial charge in [-0.2, -0.15) is 0 Å². The minimum atomic E-state index is -0.573. The van der Waals surface area contributed by atoms with Crippen LogP contribution in [0, 0.1) is 5.92 Å². The van der Waals surface area contributed by atoms with Crippen molar-refractivity contribution in [1.29, 1.82) is 0 Å². The SMILES string of the molecule is C=C(C)[C@H]1CC/C(C)=C/C/C=C(/C)[C@@H](O)CC/C(COC(C)=O)=C\[C@@H]1OC(C)=O. The zero-order valence-electron chi connectivity index (χ0n) is 18.5. The molecule has 29 heavy (non-hydrogen) atoms. The molecule has 162 valence electrons. The number of esters is 2. The number of hydrogen-bond acceptors (Lipinski definition) is 5. The summed E-state index contributed by atoms with van der Waals surface area (Å²) >= 11 is 0. The highest BCUT2D eigenvalue weighted by molar-refractivity contribution is 5.66. The summed E-state index contributed by atoms with van der Waals surface area (Å²) < 4.78 is 10.8. The Hall–Kier alpha value is -2.14. The van der Waals surface area contributed by atoms with Crippen molar-refractivity contribution < 1.29 is 24.2 Å². The first-order valence-electron chi connectivity index (χ1n) is 10.3. The Morgan fingerprint density at radius 3 is 2.38 bits per heavy atom. The standard InChI is InChI=1S/C24H36O5/c1-16(2)22-12-10-17(3)8-7-9-18(4)23(27)13-11-21(15-28-19(5)25)14-24(22)29-20(6)26/h8-9,14,22-24,27H,1,7,10-13,15H2,2-6H3/b17-8+,18-9-,21-14+/t22-,23+,24+/m1/s1. The van der Waals surface area contributed by atoms with E-state index in [2.05, 4.69) is 19.6 Å². The van der Waals surface area contributed by atoms with Gasteiger partial charge in [0.1, 0.15) is 12.7 Å². The Balaban J connectivity index is 3.30. The van der Waals surface area contributed by atoms with Gasteiger partial charge in [-0.15, -0.1) is 0 Å². The average molecular weight is 405 g/mol. The Bertz CT molecular complexity index is 683. The van der Waals surface area contributed by atoms with E-state index in [1.165, 1.54) is 19.4 Å². The fourth-order valence-electron chi connectivity index (χ4n) is 3.36. The second kappa shape index (κ2) is 12.4. The van der Waals surface area contributed by atoms with Crippen molar-refractivity contribution in [2.24, 2.45) is 5.92 Å². The molecule has 0 aromatic heterocycles. The van der Waals surface area contributed by atoms with Gasteiger partial charge in [-0.1, -0.05) is 29.9 Å². The van der Waals surface area contributed by atoms with Gasteiger partial charge in [0, 0.05) is 19.8 Å². The highest BCUT2D eigenvalue weighted by Crippen LogP contribution is 2.28. The molecule has 0 bridgehead atoms. The van der Waals surface area contributed by atoms with E-state index in [1.54, 1.807) is 0 Å². The Labute approximate surface area is 175 Å². The average Bonchev–Trinajstić information content (AvgIpc) is 2.61. The Morgan fingerprint density at radius 2 is 1.79 bits per heavy atom. The molecular formula is C24H36O5. The summed E-state index contributed by atoms with van der Waals surface area (Å²) in [5.74, 6) is -0.778. The van der Waals surface area contributed by atoms with Crippen LogP contribution in [0.3, 0.4) is 0 Å². The monoisotopic (exact) mass is 404 g/mol. The number of ether oxygens (including phenoxy) is 2. The van der Waals surface area contributed by atoms with Crippen LogP contribution in [0.15, 0.2) is 47.1 Å². The third kappa shape index (κ3) is 9.75. The summed E-state index contributed by atoms with van der Waals surface area (Å²) in [6.45, 7) is 12.9. The normalized spacial score (nSPS) is 29.7. The summed E-state index contributed by atoms with van der Waals surface area (Å²) in [7, 11) is 0. The third-order valence-corrected chi connectivity index (χ3v) is 5.21. The van der Waals surface area contributed by atoms with Gasteiger partial charge >= 0.3 is 11.9 Å². The van der Waals surface area contributed by atoms with Crippen LogP contribution >= 0.6 is 0 Å². The minimum absolute atomic E-state index is 0.0419. The lowest BCUT2D eigenvalue weighted by Gasteiger charge is -2.26. The predicted octanol–water partition coefficient (Wildman–Crippen LogP) is 4.82. The summed E-state index contributed by atoms with van der Waals surface area (Å²) in [5, 5.41) is 10.5. The smallest absolute Gasteiger partial charge is 0.303 e. The molecule has 1 aliphatic rings. The third-order valence-electron chi connectivity index (χ3n) is 5.21. The highest BCUT2D eigenvalue weighted by Gasteiger charge is 2.24. The number of aliphatic hydroxyl groups is 1. The van der Waals surface area contributed by atoms with Crippen molar-refractivity contribution in [3.63, 3.8) is 0 Å². The highest BCUT2D eigenvalue weighted by atomic mass is 16.5. The van der Waals surface area contributed by atoms with Gasteiger partial charge in [0.2, 0.25) is 0 Å². The summed E-state index contributed by atoms with van der Waals surface area (Å²) in [4.78, 5) is 23.1. The first kappa shape index (κ1) is 24.9. The van der Waals surface area contributed by atoms with Crippen LogP contribution in [0.5, 0.6) is 0 Å². The molecule has 0 aromatic rings. The van der Waals surface area contributed by atoms with E-state index in [9.17, 15) is 14.7 Å². The van der Waals surface area contributed by atoms with Crippen LogP contribution in [-0.4, -0.2) is 35.9 Å². The van der Waals surface area contributed by atoms with Crippen LogP contribution < -0.4 is 0 Å². The maximum atomic E-state index is 11.8. The molecular weight excluding hydrogens is 368 g/mol. The van der Waals surface area contributed by atoms with Gasteiger partial charge in [-0.05, 0) is 70.1 Å². The van der Waals surface area contributed by atoms with E-state index < -0.39 is 12.2 Å². The second-order valence-corrected chi connectivity index (χ2v) is 7.96. The molecule has 0 aromatic carbocycles. The topological polar surface area (TPSA) is 72.8 Å². The maximum absolute atomic E-state index is 11.8. The lowest BCUT2D eigenvalue weighted by molar-refractivity contribution is -0.146. The first-order chi connectivity index (χ1) is 13.6. The number of aliphatic hydroxyl groups excluding tert-OH is 1. The zero-order valence-corrected chi connectivity index (χ0v) is 18.5. The van der Waals surface area contributed by atoms with Gasteiger partial charge in [-0.25, -0.2) is 0 Å². The van der Waals surface area contributed by atoms with E-state index in [4.69, 9.17) is 9.47 Å². The predicted molar refractivity (Wildman–Crippen MR) is 115 cm³/mol. The fourth-order valence-corrected chi connectivity index (χ4v) is 3.36. The van der Waals surface area contributed by atoms with Crippen LogP contribution in [0.2, 0.25) is 0 Å².